The summed E-state index contributed by atoms with van der Waals surface area (Å²) in [5.74, 6) is 1.11. The zero-order chi connectivity index (χ0) is 15.9. The van der Waals surface area contributed by atoms with Crippen LogP contribution >= 0.6 is 11.8 Å². The van der Waals surface area contributed by atoms with Crippen molar-refractivity contribution in [2.75, 3.05) is 23.7 Å². The monoisotopic (exact) mass is 404 g/mol. The third-order valence-electron chi connectivity index (χ3n) is 4.69. The third-order valence-corrected chi connectivity index (χ3v) is 5.88. The molecule has 0 saturated carbocycles. The van der Waals surface area contributed by atoms with E-state index in [-0.39, 0.29) is 17.0 Å². The van der Waals surface area contributed by atoms with Crippen molar-refractivity contribution < 1.29 is 26.7 Å². The number of β-amino-alcohol motifs (C(OH)–C–C–N with tert-alkyl or cyclic N) is 1. The molecule has 1 N–H and O–H groups in total. The summed E-state index contributed by atoms with van der Waals surface area (Å²) in [6, 6.07) is 18.5. The van der Waals surface area contributed by atoms with Crippen LogP contribution in [0.15, 0.2) is 54.6 Å². The summed E-state index contributed by atoms with van der Waals surface area (Å²) in [5.41, 5.74) is 2.44. The van der Waals surface area contributed by atoms with E-state index < -0.39 is 5.72 Å². The topological polar surface area (TPSA) is 26.5 Å². The normalized spacial score (nSPS) is 23.0. The number of halogens is 1. The highest BCUT2D eigenvalue weighted by molar-refractivity contribution is 8.13. The fraction of sp³-hybridized carbons (Fsp3) is 0.316. The first-order chi connectivity index (χ1) is 11.2. The highest BCUT2D eigenvalue weighted by atomic mass is 79.9. The molecule has 3 nitrogen and oxygen atoms in total. The van der Waals surface area contributed by atoms with Crippen LogP contribution in [-0.2, 0) is 5.72 Å². The summed E-state index contributed by atoms with van der Waals surface area (Å²) in [6.45, 7) is 3.61. The van der Waals surface area contributed by atoms with E-state index in [1.165, 1.54) is 16.4 Å². The van der Waals surface area contributed by atoms with Gasteiger partial charge in [0.1, 0.15) is 5.69 Å². The van der Waals surface area contributed by atoms with Crippen molar-refractivity contribution in [3.63, 3.8) is 0 Å². The summed E-state index contributed by atoms with van der Waals surface area (Å²) in [7, 11) is 0. The summed E-state index contributed by atoms with van der Waals surface area (Å²) in [5, 5.41) is 12.7. The number of nitrogens with zero attached hydrogens (tertiary/aromatic N) is 2. The van der Waals surface area contributed by atoms with Crippen LogP contribution in [0.25, 0.3) is 0 Å². The first-order valence-corrected chi connectivity index (χ1v) is 9.07. The van der Waals surface area contributed by atoms with Crippen LogP contribution in [0.4, 0.5) is 5.69 Å². The summed E-state index contributed by atoms with van der Waals surface area (Å²) in [6.07, 6.45) is 1.10. The van der Waals surface area contributed by atoms with Crippen molar-refractivity contribution in [2.45, 2.75) is 19.1 Å². The zero-order valence-electron chi connectivity index (χ0n) is 13.7. The molecule has 4 rings (SSSR count). The average Bonchev–Trinajstić information content (AvgIpc) is 2.91. The van der Waals surface area contributed by atoms with Crippen molar-refractivity contribution in [2.24, 2.45) is 0 Å². The minimum atomic E-state index is -0.952. The van der Waals surface area contributed by atoms with Gasteiger partial charge in [-0.2, -0.15) is 0 Å². The molecule has 0 amide bonds. The van der Waals surface area contributed by atoms with Crippen molar-refractivity contribution in [1.82, 2.24) is 0 Å². The van der Waals surface area contributed by atoms with Gasteiger partial charge >= 0.3 is 5.17 Å². The number of aryl methyl sites for hydroxylation is 1. The van der Waals surface area contributed by atoms with Crippen molar-refractivity contribution in [3.8, 4) is 0 Å². The van der Waals surface area contributed by atoms with Crippen LogP contribution in [0.3, 0.4) is 0 Å². The first kappa shape index (κ1) is 17.5. The predicted octanol–water partition coefficient (Wildman–Crippen LogP) is 0.170. The Balaban J connectivity index is 0.00000169. The lowest BCUT2D eigenvalue weighted by Crippen LogP contribution is -3.00. The Bertz CT molecular complexity index is 765. The van der Waals surface area contributed by atoms with Gasteiger partial charge in [-0.05, 0) is 36.7 Å². The Labute approximate surface area is 157 Å². The van der Waals surface area contributed by atoms with Gasteiger partial charge in [-0.25, -0.2) is 9.48 Å². The average molecular weight is 405 g/mol. The van der Waals surface area contributed by atoms with Gasteiger partial charge in [0.2, 0.25) is 0 Å². The van der Waals surface area contributed by atoms with Crippen molar-refractivity contribution in [1.29, 1.82) is 0 Å². The molecule has 0 fully saturated rings. The van der Waals surface area contributed by atoms with Crippen LogP contribution in [0.1, 0.15) is 17.5 Å². The molecule has 2 aliphatic heterocycles. The van der Waals surface area contributed by atoms with Gasteiger partial charge in [0.25, 0.3) is 5.72 Å². The fourth-order valence-electron chi connectivity index (χ4n) is 3.51. The van der Waals surface area contributed by atoms with Crippen LogP contribution in [-0.4, -0.2) is 33.7 Å². The Hall–Kier alpha value is -1.30. The number of aliphatic hydroxyl groups is 1. The van der Waals surface area contributed by atoms with Crippen LogP contribution in [0.2, 0.25) is 0 Å². The molecular weight excluding hydrogens is 384 g/mol. The second kappa shape index (κ2) is 6.90. The van der Waals surface area contributed by atoms with Gasteiger partial charge in [-0.3, -0.25) is 0 Å². The number of hydrogen-bond acceptors (Lipinski definition) is 3. The Morgan fingerprint density at radius 2 is 1.79 bits per heavy atom. The molecule has 126 valence electrons. The van der Waals surface area contributed by atoms with Crippen LogP contribution in [0, 0.1) is 6.92 Å². The molecular formula is C19H21BrN2OS. The van der Waals surface area contributed by atoms with Crippen molar-refractivity contribution in [3.05, 3.63) is 65.7 Å². The number of benzene rings is 2. The number of thioether (sulfide) groups is 1. The van der Waals surface area contributed by atoms with Gasteiger partial charge in [-0.15, -0.1) is 0 Å². The SMILES string of the molecule is Cc1ccccc1N1CC(O)(c2ccccc2)[N+]2=C1SCCC2.[Br-]. The summed E-state index contributed by atoms with van der Waals surface area (Å²) >= 11 is 1.85. The molecule has 2 aromatic rings. The minimum absolute atomic E-state index is 0. The molecule has 24 heavy (non-hydrogen) atoms. The quantitative estimate of drug-likeness (QED) is 0.722. The molecule has 0 bridgehead atoms. The maximum absolute atomic E-state index is 11.5. The molecule has 0 saturated heterocycles. The lowest BCUT2D eigenvalue weighted by Gasteiger charge is -2.24. The predicted molar refractivity (Wildman–Crippen MR) is 96.1 cm³/mol. The van der Waals surface area contributed by atoms with Gasteiger partial charge < -0.3 is 22.1 Å². The van der Waals surface area contributed by atoms with Crippen LogP contribution in [0.5, 0.6) is 0 Å². The van der Waals surface area contributed by atoms with E-state index in [9.17, 15) is 5.11 Å². The molecule has 5 heteroatoms. The molecule has 2 aliphatic rings. The zero-order valence-corrected chi connectivity index (χ0v) is 16.1. The second-order valence-corrected chi connectivity index (χ2v) is 7.25. The summed E-state index contributed by atoms with van der Waals surface area (Å²) < 4.78 is 2.18. The maximum atomic E-state index is 11.5. The second-order valence-electron chi connectivity index (χ2n) is 6.19. The van der Waals surface area contributed by atoms with Gasteiger partial charge in [0.05, 0.1) is 6.54 Å². The van der Waals surface area contributed by atoms with E-state index in [4.69, 9.17) is 0 Å². The number of rotatable bonds is 2. The van der Waals surface area contributed by atoms with E-state index in [1.54, 1.807) is 0 Å². The Morgan fingerprint density at radius 1 is 1.08 bits per heavy atom. The van der Waals surface area contributed by atoms with E-state index in [2.05, 4.69) is 40.7 Å². The molecule has 2 aromatic carbocycles. The van der Waals surface area contributed by atoms with E-state index >= 15 is 0 Å². The molecule has 0 spiro atoms. The standard InChI is InChI=1S/C19H21N2OS.BrH/c1-15-8-5-6-11-17(15)20-14-19(22,16-9-3-2-4-10-16)21-12-7-13-23-18(20)21;/h2-6,8-11,22H,7,12-14H2,1H3;1H/q+1;/p-1. The van der Waals surface area contributed by atoms with E-state index in [1.807, 2.05) is 42.1 Å². The molecule has 1 atom stereocenters. The van der Waals surface area contributed by atoms with E-state index in [0.29, 0.717) is 6.54 Å². The number of hydrogen-bond donors (Lipinski definition) is 1. The lowest BCUT2D eigenvalue weighted by molar-refractivity contribution is -0.656. The third kappa shape index (κ3) is 2.79. The largest absolute Gasteiger partial charge is 1.00 e. The molecule has 1 unspecified atom stereocenters. The van der Waals surface area contributed by atoms with Crippen molar-refractivity contribution >= 4 is 22.6 Å². The summed E-state index contributed by atoms with van der Waals surface area (Å²) in [4.78, 5) is 2.28. The highest BCUT2D eigenvalue weighted by Crippen LogP contribution is 2.38. The molecule has 0 aliphatic carbocycles. The van der Waals surface area contributed by atoms with E-state index in [0.717, 1.165) is 24.3 Å². The number of anilines is 1. The molecule has 0 aromatic heterocycles. The Kier molecular flexibility index (Phi) is 5.04. The maximum Gasteiger partial charge on any atom is 0.316 e. The molecule has 0 radical (unpaired) electrons. The minimum Gasteiger partial charge on any atom is -1.00 e. The number of para-hydroxylation sites is 1. The first-order valence-electron chi connectivity index (χ1n) is 8.08. The van der Waals surface area contributed by atoms with Gasteiger partial charge in [0.15, 0.2) is 6.54 Å². The fourth-order valence-corrected chi connectivity index (χ4v) is 4.68. The van der Waals surface area contributed by atoms with Gasteiger partial charge in [-0.1, -0.05) is 48.5 Å². The van der Waals surface area contributed by atoms with Crippen LogP contribution < -0.4 is 21.9 Å². The van der Waals surface area contributed by atoms with Gasteiger partial charge in [0, 0.05) is 11.3 Å². The highest BCUT2D eigenvalue weighted by Gasteiger charge is 2.53. The number of amidine groups is 1. The Morgan fingerprint density at radius 3 is 2.54 bits per heavy atom. The smallest absolute Gasteiger partial charge is 0.316 e. The molecule has 2 heterocycles. The lowest BCUT2D eigenvalue weighted by atomic mass is 10.0.